The number of nitrogens with zero attached hydrogens (tertiary/aromatic N) is 3. The van der Waals surface area contributed by atoms with Gasteiger partial charge in [-0.2, -0.15) is 5.10 Å². The molecule has 0 unspecified atom stereocenters. The highest BCUT2D eigenvalue weighted by Crippen LogP contribution is 2.42. The van der Waals surface area contributed by atoms with Crippen molar-refractivity contribution in [1.29, 1.82) is 0 Å². The van der Waals surface area contributed by atoms with Crippen molar-refractivity contribution in [2.75, 3.05) is 0 Å². The number of hydrogen-bond acceptors (Lipinski definition) is 3. The molecule has 0 radical (unpaired) electrons. The standard InChI is InChI=1S/C25H21FN4O2/c1-13(2)24-22(16-8-14(3)23(25(31)32)27-11-16)19-10-20-15(12-28-29-20)9-21(19)30(24)18-6-4-17(26)5-7-18/h4-13H,1-3H3,(H,28,29)(H,31,32). The van der Waals surface area contributed by atoms with Crippen LogP contribution in [-0.2, 0) is 0 Å². The maximum absolute atomic E-state index is 13.7. The molecule has 5 aromatic rings. The molecule has 5 rings (SSSR count). The first-order valence-electron chi connectivity index (χ1n) is 10.3. The van der Waals surface area contributed by atoms with Crippen molar-refractivity contribution in [1.82, 2.24) is 19.7 Å². The number of nitrogens with one attached hydrogen (secondary N) is 1. The smallest absolute Gasteiger partial charge is 0.354 e. The van der Waals surface area contributed by atoms with Crippen LogP contribution in [0.4, 0.5) is 4.39 Å². The molecule has 6 nitrogen and oxygen atoms in total. The highest BCUT2D eigenvalue weighted by Gasteiger charge is 2.24. The monoisotopic (exact) mass is 428 g/mol. The highest BCUT2D eigenvalue weighted by molar-refractivity contribution is 6.06. The Hall–Kier alpha value is -4.00. The zero-order valence-electron chi connectivity index (χ0n) is 17.8. The van der Waals surface area contributed by atoms with Gasteiger partial charge in [0.2, 0.25) is 0 Å². The van der Waals surface area contributed by atoms with Crippen molar-refractivity contribution in [3.8, 4) is 16.8 Å². The number of fused-ring (bicyclic) bond motifs is 2. The van der Waals surface area contributed by atoms with E-state index in [-0.39, 0.29) is 17.4 Å². The molecule has 0 aliphatic heterocycles. The van der Waals surface area contributed by atoms with Gasteiger partial charge in [0.1, 0.15) is 5.82 Å². The largest absolute Gasteiger partial charge is 0.477 e. The second-order valence-electron chi connectivity index (χ2n) is 8.25. The Balaban J connectivity index is 1.91. The van der Waals surface area contributed by atoms with Gasteiger partial charge in [0.25, 0.3) is 0 Å². The van der Waals surface area contributed by atoms with Gasteiger partial charge in [-0.3, -0.25) is 5.10 Å². The van der Waals surface area contributed by atoms with E-state index in [1.165, 1.54) is 12.1 Å². The third kappa shape index (κ3) is 3.05. The minimum absolute atomic E-state index is 0.0399. The number of rotatable bonds is 4. The van der Waals surface area contributed by atoms with Crippen LogP contribution in [0.3, 0.4) is 0 Å². The maximum Gasteiger partial charge on any atom is 0.354 e. The molecule has 2 N–H and O–H groups in total. The van der Waals surface area contributed by atoms with Gasteiger partial charge in [-0.1, -0.05) is 13.8 Å². The summed E-state index contributed by atoms with van der Waals surface area (Å²) in [6.45, 7) is 5.97. The van der Waals surface area contributed by atoms with Crippen molar-refractivity contribution in [2.24, 2.45) is 0 Å². The van der Waals surface area contributed by atoms with E-state index in [1.807, 2.05) is 6.07 Å². The summed E-state index contributed by atoms with van der Waals surface area (Å²) in [6.07, 6.45) is 3.39. The number of carboxylic acid groups (broad SMARTS) is 1. The van der Waals surface area contributed by atoms with Gasteiger partial charge in [0.05, 0.1) is 17.2 Å². The average Bonchev–Trinajstić information content (AvgIpc) is 3.34. The number of aromatic amines is 1. The minimum Gasteiger partial charge on any atom is -0.477 e. The van der Waals surface area contributed by atoms with Crippen LogP contribution in [-0.4, -0.2) is 30.8 Å². The minimum atomic E-state index is -1.05. The Labute approximate surface area is 183 Å². The second-order valence-corrected chi connectivity index (χ2v) is 8.25. The zero-order valence-corrected chi connectivity index (χ0v) is 17.8. The van der Waals surface area contributed by atoms with Gasteiger partial charge in [-0.05, 0) is 60.9 Å². The van der Waals surface area contributed by atoms with Crippen molar-refractivity contribution in [3.05, 3.63) is 77.6 Å². The normalized spacial score (nSPS) is 11.7. The van der Waals surface area contributed by atoms with Gasteiger partial charge < -0.3 is 9.67 Å². The lowest BCUT2D eigenvalue weighted by Gasteiger charge is -2.16. The molecule has 160 valence electrons. The fraction of sp³-hybridized carbons (Fsp3) is 0.160. The van der Waals surface area contributed by atoms with Gasteiger partial charge in [-0.25, -0.2) is 14.2 Å². The number of aryl methyl sites for hydroxylation is 1. The number of H-pyrrole nitrogens is 1. The fourth-order valence-electron chi connectivity index (χ4n) is 4.40. The molecule has 0 aliphatic rings. The summed E-state index contributed by atoms with van der Waals surface area (Å²) in [4.78, 5) is 15.7. The molecule has 0 aliphatic carbocycles. The van der Waals surface area contributed by atoms with Crippen LogP contribution in [0.1, 0.15) is 41.5 Å². The Kier molecular flexibility index (Phi) is 4.55. The van der Waals surface area contributed by atoms with Gasteiger partial charge >= 0.3 is 5.97 Å². The molecule has 0 atom stereocenters. The number of benzene rings is 2. The summed E-state index contributed by atoms with van der Waals surface area (Å²) in [5.41, 5.74) is 6.19. The Morgan fingerprint density at radius 1 is 1.12 bits per heavy atom. The molecule has 3 aromatic heterocycles. The van der Waals surface area contributed by atoms with Crippen molar-refractivity contribution < 1.29 is 14.3 Å². The predicted octanol–water partition coefficient (Wildman–Crippen LogP) is 5.84. The molecule has 32 heavy (non-hydrogen) atoms. The third-order valence-corrected chi connectivity index (χ3v) is 5.76. The summed E-state index contributed by atoms with van der Waals surface area (Å²) in [5.74, 6) is -1.22. The first-order valence-corrected chi connectivity index (χ1v) is 10.3. The molecular weight excluding hydrogens is 407 g/mol. The molecular formula is C25H21FN4O2. The van der Waals surface area contributed by atoms with Crippen molar-refractivity contribution in [3.63, 3.8) is 0 Å². The Morgan fingerprint density at radius 2 is 1.88 bits per heavy atom. The van der Waals surface area contributed by atoms with Gasteiger partial charge in [0.15, 0.2) is 5.69 Å². The van der Waals surface area contributed by atoms with Gasteiger partial charge in [-0.15, -0.1) is 0 Å². The maximum atomic E-state index is 13.7. The zero-order chi connectivity index (χ0) is 22.6. The molecule has 0 saturated carbocycles. The summed E-state index contributed by atoms with van der Waals surface area (Å²) in [7, 11) is 0. The van der Waals surface area contributed by atoms with Crippen LogP contribution in [0, 0.1) is 12.7 Å². The highest BCUT2D eigenvalue weighted by atomic mass is 19.1. The number of carbonyl (C=O) groups is 1. The van der Waals surface area contributed by atoms with Crippen molar-refractivity contribution in [2.45, 2.75) is 26.7 Å². The molecule has 0 bridgehead atoms. The Morgan fingerprint density at radius 3 is 2.53 bits per heavy atom. The molecule has 0 amide bonds. The van der Waals surface area contributed by atoms with E-state index >= 15 is 0 Å². The van der Waals surface area contributed by atoms with E-state index in [0.717, 1.165) is 44.3 Å². The molecule has 2 aromatic carbocycles. The fourth-order valence-corrected chi connectivity index (χ4v) is 4.40. The number of halogens is 1. The summed E-state index contributed by atoms with van der Waals surface area (Å²) in [6, 6.07) is 12.4. The van der Waals surface area contributed by atoms with Crippen molar-refractivity contribution >= 4 is 27.8 Å². The van der Waals surface area contributed by atoms with E-state index in [9.17, 15) is 14.3 Å². The second kappa shape index (κ2) is 7.30. The van der Waals surface area contributed by atoms with Crippen LogP contribution in [0.25, 0.3) is 38.6 Å². The first kappa shape index (κ1) is 19.9. The average molecular weight is 428 g/mol. The number of carboxylic acids is 1. The molecule has 0 spiro atoms. The van der Waals surface area contributed by atoms with Crippen LogP contribution in [0.5, 0.6) is 0 Å². The SMILES string of the molecule is Cc1cc(-c2c(C(C)C)n(-c3ccc(F)cc3)c3cc4cn[nH]c4cc23)cnc1C(=O)O. The lowest BCUT2D eigenvalue weighted by atomic mass is 9.96. The number of aromatic carboxylic acids is 1. The van der Waals surface area contributed by atoms with Gasteiger partial charge in [0, 0.05) is 39.5 Å². The lowest BCUT2D eigenvalue weighted by molar-refractivity contribution is 0.0689. The van der Waals surface area contributed by atoms with E-state index in [4.69, 9.17) is 0 Å². The number of pyridine rings is 1. The third-order valence-electron chi connectivity index (χ3n) is 5.76. The van der Waals surface area contributed by atoms with E-state index in [2.05, 4.69) is 45.7 Å². The van der Waals surface area contributed by atoms with Crippen LogP contribution < -0.4 is 0 Å². The number of hydrogen-bond donors (Lipinski definition) is 2. The molecule has 0 saturated heterocycles. The van der Waals surface area contributed by atoms with Crippen LogP contribution in [0.15, 0.2) is 54.9 Å². The summed E-state index contributed by atoms with van der Waals surface area (Å²) >= 11 is 0. The molecule has 3 heterocycles. The van der Waals surface area contributed by atoms with Crippen LogP contribution >= 0.6 is 0 Å². The molecule has 0 fully saturated rings. The summed E-state index contributed by atoms with van der Waals surface area (Å²) in [5, 5.41) is 18.5. The Bertz CT molecular complexity index is 1500. The lowest BCUT2D eigenvalue weighted by Crippen LogP contribution is -2.05. The summed E-state index contributed by atoms with van der Waals surface area (Å²) < 4.78 is 15.8. The predicted molar refractivity (Wildman–Crippen MR) is 122 cm³/mol. The first-order chi connectivity index (χ1) is 15.3. The quantitative estimate of drug-likeness (QED) is 0.377. The van der Waals surface area contributed by atoms with E-state index in [0.29, 0.717) is 5.56 Å². The van der Waals surface area contributed by atoms with E-state index < -0.39 is 5.97 Å². The topological polar surface area (TPSA) is 83.8 Å². The molecule has 7 heteroatoms. The van der Waals surface area contributed by atoms with E-state index in [1.54, 1.807) is 31.5 Å². The number of aromatic nitrogens is 4. The van der Waals surface area contributed by atoms with Crippen LogP contribution in [0.2, 0.25) is 0 Å².